The zero-order chi connectivity index (χ0) is 14.5. The van der Waals surface area contributed by atoms with E-state index in [-0.39, 0.29) is 11.9 Å². The second-order valence-corrected chi connectivity index (χ2v) is 5.03. The van der Waals surface area contributed by atoms with Crippen LogP contribution in [0.3, 0.4) is 0 Å². The van der Waals surface area contributed by atoms with Crippen molar-refractivity contribution in [3.63, 3.8) is 0 Å². The Morgan fingerprint density at radius 2 is 2.20 bits per heavy atom. The molecule has 0 spiro atoms. The first-order chi connectivity index (χ1) is 9.61. The Morgan fingerprint density at radius 3 is 2.80 bits per heavy atom. The quantitative estimate of drug-likeness (QED) is 0.924. The number of nitriles is 1. The Balaban J connectivity index is 2.00. The van der Waals surface area contributed by atoms with E-state index in [0.29, 0.717) is 29.5 Å². The summed E-state index contributed by atoms with van der Waals surface area (Å²) in [5.41, 5.74) is 0.991. The van der Waals surface area contributed by atoms with Crippen LogP contribution >= 0.6 is 11.6 Å². The van der Waals surface area contributed by atoms with E-state index < -0.39 is 0 Å². The first kappa shape index (κ1) is 14.8. The molecule has 0 saturated carbocycles. The predicted octanol–water partition coefficient (Wildman–Crippen LogP) is 1.87. The van der Waals surface area contributed by atoms with Gasteiger partial charge in [0.2, 0.25) is 5.91 Å². The van der Waals surface area contributed by atoms with Crippen LogP contribution in [-0.4, -0.2) is 43.2 Å². The average molecular weight is 294 g/mol. The SMILES string of the molecule is C[C@H](C(=O)Nc1ccc(C#N)c(Cl)c1)N1CCOCC1. The van der Waals surface area contributed by atoms with Gasteiger partial charge < -0.3 is 10.1 Å². The number of hydrogen-bond donors (Lipinski definition) is 1. The van der Waals surface area contributed by atoms with E-state index in [1.807, 2.05) is 13.0 Å². The first-order valence-electron chi connectivity index (χ1n) is 6.44. The maximum absolute atomic E-state index is 12.2. The Bertz CT molecular complexity index is 536. The summed E-state index contributed by atoms with van der Waals surface area (Å²) in [6.45, 7) is 4.68. The molecule has 0 aliphatic carbocycles. The van der Waals surface area contributed by atoms with Crippen LogP contribution in [0.15, 0.2) is 18.2 Å². The molecule has 0 radical (unpaired) electrons. The van der Waals surface area contributed by atoms with E-state index in [1.165, 1.54) is 0 Å². The van der Waals surface area contributed by atoms with Gasteiger partial charge in [0.25, 0.3) is 0 Å². The molecule has 0 unspecified atom stereocenters. The summed E-state index contributed by atoms with van der Waals surface area (Å²) in [6.07, 6.45) is 0. The van der Waals surface area contributed by atoms with Crippen molar-refractivity contribution < 1.29 is 9.53 Å². The third-order valence-corrected chi connectivity index (χ3v) is 3.64. The smallest absolute Gasteiger partial charge is 0.241 e. The van der Waals surface area contributed by atoms with Crippen LogP contribution < -0.4 is 5.32 Å². The minimum absolute atomic E-state index is 0.0901. The fourth-order valence-electron chi connectivity index (χ4n) is 2.06. The lowest BCUT2D eigenvalue weighted by atomic mass is 10.2. The lowest BCUT2D eigenvalue weighted by Gasteiger charge is -2.31. The van der Waals surface area contributed by atoms with E-state index in [0.717, 1.165) is 13.1 Å². The van der Waals surface area contributed by atoms with Crippen molar-refractivity contribution in [2.45, 2.75) is 13.0 Å². The molecule has 1 aromatic carbocycles. The first-order valence-corrected chi connectivity index (χ1v) is 6.82. The number of ether oxygens (including phenoxy) is 1. The third-order valence-electron chi connectivity index (χ3n) is 3.33. The molecule has 1 saturated heterocycles. The molecule has 1 N–H and O–H groups in total. The zero-order valence-electron chi connectivity index (χ0n) is 11.2. The zero-order valence-corrected chi connectivity index (χ0v) is 12.0. The minimum atomic E-state index is -0.228. The summed E-state index contributed by atoms with van der Waals surface area (Å²) in [5.74, 6) is -0.0901. The molecular formula is C14H16ClN3O2. The van der Waals surface area contributed by atoms with Gasteiger partial charge in [0.15, 0.2) is 0 Å². The predicted molar refractivity (Wildman–Crippen MR) is 76.7 cm³/mol. The largest absolute Gasteiger partial charge is 0.379 e. The molecule has 0 bridgehead atoms. The van der Waals surface area contributed by atoms with E-state index in [9.17, 15) is 4.79 Å². The van der Waals surface area contributed by atoms with Crippen molar-refractivity contribution in [1.82, 2.24) is 4.90 Å². The molecule has 1 amide bonds. The van der Waals surface area contributed by atoms with Gasteiger partial charge in [-0.2, -0.15) is 5.26 Å². The number of halogens is 1. The molecule has 1 aliphatic rings. The number of carbonyl (C=O) groups excluding carboxylic acids is 1. The summed E-state index contributed by atoms with van der Waals surface area (Å²) in [4.78, 5) is 14.2. The van der Waals surface area contributed by atoms with Crippen LogP contribution in [0.5, 0.6) is 0 Å². The molecule has 1 atom stereocenters. The van der Waals surface area contributed by atoms with Crippen molar-refractivity contribution in [2.24, 2.45) is 0 Å². The molecule has 1 aliphatic heterocycles. The Hall–Kier alpha value is -1.61. The standard InChI is InChI=1S/C14H16ClN3O2/c1-10(18-4-6-20-7-5-18)14(19)17-12-3-2-11(9-16)13(15)8-12/h2-3,8,10H,4-7H2,1H3,(H,17,19)/t10-/m1/s1. The maximum Gasteiger partial charge on any atom is 0.241 e. The summed E-state index contributed by atoms with van der Waals surface area (Å²) in [5, 5.41) is 12.0. The highest BCUT2D eigenvalue weighted by molar-refractivity contribution is 6.32. The van der Waals surface area contributed by atoms with Crippen molar-refractivity contribution in [3.8, 4) is 6.07 Å². The second-order valence-electron chi connectivity index (χ2n) is 4.62. The number of nitrogens with one attached hydrogen (secondary N) is 1. The van der Waals surface area contributed by atoms with Gasteiger partial charge in [-0.25, -0.2) is 0 Å². The Labute approximate surface area is 123 Å². The highest BCUT2D eigenvalue weighted by atomic mass is 35.5. The monoisotopic (exact) mass is 293 g/mol. The molecule has 1 fully saturated rings. The lowest BCUT2D eigenvalue weighted by Crippen LogP contribution is -2.47. The van der Waals surface area contributed by atoms with Crippen molar-refractivity contribution >= 4 is 23.2 Å². The van der Waals surface area contributed by atoms with Crippen molar-refractivity contribution in [3.05, 3.63) is 28.8 Å². The molecule has 1 aromatic rings. The number of anilines is 1. The average Bonchev–Trinajstić information content (AvgIpc) is 2.47. The fraction of sp³-hybridized carbons (Fsp3) is 0.429. The normalized spacial score (nSPS) is 17.2. The van der Waals surface area contributed by atoms with Gasteiger partial charge in [-0.15, -0.1) is 0 Å². The van der Waals surface area contributed by atoms with Crippen molar-refractivity contribution in [2.75, 3.05) is 31.6 Å². The highest BCUT2D eigenvalue weighted by Crippen LogP contribution is 2.20. The van der Waals surface area contributed by atoms with Gasteiger partial charge in [-0.05, 0) is 25.1 Å². The van der Waals surface area contributed by atoms with E-state index >= 15 is 0 Å². The van der Waals surface area contributed by atoms with Crippen LogP contribution in [-0.2, 0) is 9.53 Å². The van der Waals surface area contributed by atoms with E-state index in [1.54, 1.807) is 18.2 Å². The molecule has 20 heavy (non-hydrogen) atoms. The number of hydrogen-bond acceptors (Lipinski definition) is 4. The summed E-state index contributed by atoms with van der Waals surface area (Å²) >= 11 is 5.94. The number of carbonyl (C=O) groups is 1. The van der Waals surface area contributed by atoms with Gasteiger partial charge in [-0.1, -0.05) is 11.6 Å². The molecule has 5 nitrogen and oxygen atoms in total. The number of amides is 1. The van der Waals surface area contributed by atoms with Crippen molar-refractivity contribution in [1.29, 1.82) is 5.26 Å². The number of morpholine rings is 1. The van der Waals surface area contributed by atoms with E-state index in [2.05, 4.69) is 10.2 Å². The number of nitrogens with zero attached hydrogens (tertiary/aromatic N) is 2. The minimum Gasteiger partial charge on any atom is -0.379 e. The number of benzene rings is 1. The van der Waals surface area contributed by atoms with Gasteiger partial charge in [0.1, 0.15) is 6.07 Å². The lowest BCUT2D eigenvalue weighted by molar-refractivity contribution is -0.122. The van der Waals surface area contributed by atoms with Crippen LogP contribution in [0.1, 0.15) is 12.5 Å². The second kappa shape index (κ2) is 6.71. The topological polar surface area (TPSA) is 65.4 Å². The Kier molecular flexibility index (Phi) is 4.96. The van der Waals surface area contributed by atoms with E-state index in [4.69, 9.17) is 21.6 Å². The summed E-state index contributed by atoms with van der Waals surface area (Å²) in [6, 6.07) is 6.61. The van der Waals surface area contributed by atoms with Crippen LogP contribution in [0.4, 0.5) is 5.69 Å². The number of rotatable bonds is 3. The molecule has 6 heteroatoms. The molecule has 106 valence electrons. The summed E-state index contributed by atoms with van der Waals surface area (Å²) < 4.78 is 5.27. The van der Waals surface area contributed by atoms with Gasteiger partial charge in [0, 0.05) is 18.8 Å². The highest BCUT2D eigenvalue weighted by Gasteiger charge is 2.23. The molecule has 1 heterocycles. The van der Waals surface area contributed by atoms with Crippen LogP contribution in [0, 0.1) is 11.3 Å². The molecule has 0 aromatic heterocycles. The Morgan fingerprint density at radius 1 is 1.50 bits per heavy atom. The molecular weight excluding hydrogens is 278 g/mol. The fourth-order valence-corrected chi connectivity index (χ4v) is 2.28. The van der Waals surface area contributed by atoms with Gasteiger partial charge >= 0.3 is 0 Å². The molecule has 2 rings (SSSR count). The maximum atomic E-state index is 12.2. The van der Waals surface area contributed by atoms with Crippen LogP contribution in [0.2, 0.25) is 5.02 Å². The van der Waals surface area contributed by atoms with Gasteiger partial charge in [-0.3, -0.25) is 9.69 Å². The van der Waals surface area contributed by atoms with Crippen LogP contribution in [0.25, 0.3) is 0 Å². The van der Waals surface area contributed by atoms with Gasteiger partial charge in [0.05, 0.1) is 29.8 Å². The summed E-state index contributed by atoms with van der Waals surface area (Å²) in [7, 11) is 0. The third kappa shape index (κ3) is 3.48.